The first-order valence-corrected chi connectivity index (χ1v) is 13.0. The fourth-order valence-electron chi connectivity index (χ4n) is 3.85. The number of hydrogen-bond acceptors (Lipinski definition) is 8. The molecule has 3 atom stereocenters. The Morgan fingerprint density at radius 1 is 1.02 bits per heavy atom. The first-order valence-electron chi connectivity index (χ1n) is 13.0. The van der Waals surface area contributed by atoms with Gasteiger partial charge in [-0.25, -0.2) is 0 Å². The van der Waals surface area contributed by atoms with Crippen molar-refractivity contribution in [2.75, 3.05) is 5.32 Å². The van der Waals surface area contributed by atoms with Gasteiger partial charge in [-0.2, -0.15) is 5.26 Å². The number of nitrogens with one attached hydrogen (secondary N) is 4. The van der Waals surface area contributed by atoms with Crippen LogP contribution in [-0.2, 0) is 27.3 Å². The number of anilines is 1. The van der Waals surface area contributed by atoms with Crippen molar-refractivity contribution in [3.05, 3.63) is 94.9 Å². The van der Waals surface area contributed by atoms with Gasteiger partial charge in [0.15, 0.2) is 5.69 Å². The second-order valence-electron chi connectivity index (χ2n) is 9.73. The Morgan fingerprint density at radius 2 is 1.74 bits per heavy atom. The highest BCUT2D eigenvalue weighted by atomic mass is 16.5. The third kappa shape index (κ3) is 8.87. The molecule has 0 aliphatic carbocycles. The molecule has 0 aliphatic heterocycles. The Hall–Kier alpha value is -5.28. The Bertz CT molecular complexity index is 1500. The first kappa shape index (κ1) is 31.3. The highest BCUT2D eigenvalue weighted by molar-refractivity contribution is 6.06. The zero-order chi connectivity index (χ0) is 30.8. The van der Waals surface area contributed by atoms with Crippen LogP contribution in [0, 0.1) is 25.2 Å². The van der Waals surface area contributed by atoms with E-state index >= 15 is 0 Å². The van der Waals surface area contributed by atoms with Crippen LogP contribution in [0.1, 0.15) is 39.9 Å². The molecule has 218 valence electrons. The van der Waals surface area contributed by atoms with E-state index in [1.165, 1.54) is 13.0 Å². The van der Waals surface area contributed by atoms with Crippen LogP contribution < -0.4 is 21.3 Å². The van der Waals surface area contributed by atoms with Gasteiger partial charge in [-0.05, 0) is 44.0 Å². The predicted molar refractivity (Wildman–Crippen MR) is 153 cm³/mol. The van der Waals surface area contributed by atoms with Gasteiger partial charge in [0.25, 0.3) is 11.8 Å². The number of rotatable bonds is 12. The topological polar surface area (TPSA) is 186 Å². The summed E-state index contributed by atoms with van der Waals surface area (Å²) in [7, 11) is 0. The van der Waals surface area contributed by atoms with Gasteiger partial charge >= 0.3 is 0 Å². The minimum Gasteiger partial charge on any atom is -0.391 e. The molecule has 4 amide bonds. The van der Waals surface area contributed by atoms with Crippen molar-refractivity contribution in [2.24, 2.45) is 0 Å². The minimum absolute atomic E-state index is 0.00264. The number of carbonyl (C=O) groups excluding carboxylic acids is 4. The van der Waals surface area contributed by atoms with Crippen LogP contribution in [0.2, 0.25) is 0 Å². The van der Waals surface area contributed by atoms with E-state index in [0.29, 0.717) is 17.0 Å². The van der Waals surface area contributed by atoms with Crippen LogP contribution in [-0.4, -0.2) is 52.1 Å². The molecule has 3 aromatic rings. The van der Waals surface area contributed by atoms with E-state index in [0.717, 1.165) is 11.1 Å². The van der Waals surface area contributed by atoms with Crippen LogP contribution >= 0.6 is 0 Å². The van der Waals surface area contributed by atoms with Gasteiger partial charge in [-0.3, -0.25) is 19.2 Å². The summed E-state index contributed by atoms with van der Waals surface area (Å²) in [4.78, 5) is 51.3. The summed E-state index contributed by atoms with van der Waals surface area (Å²) in [6.45, 7) is 8.45. The molecule has 0 radical (unpaired) electrons. The SMILES string of the molecule is C=C(C#N)C(=O)Nc1cccc(C[C@H](NC(=O)[C@@H](NC(=O)c2cc(C)on2)[C@@H](C)O)C(=O)NCc2ccc(C)cc2)c1. The minimum atomic E-state index is -1.41. The molecular formula is C30H32N6O6. The molecule has 0 bridgehead atoms. The number of amides is 4. The van der Waals surface area contributed by atoms with Crippen molar-refractivity contribution in [2.45, 2.75) is 51.9 Å². The highest BCUT2D eigenvalue weighted by Gasteiger charge is 2.31. The number of nitriles is 1. The van der Waals surface area contributed by atoms with Gasteiger partial charge in [-0.15, -0.1) is 0 Å². The number of aliphatic hydroxyl groups excluding tert-OH is 1. The van der Waals surface area contributed by atoms with Gasteiger partial charge in [0.1, 0.15) is 29.5 Å². The van der Waals surface area contributed by atoms with Crippen molar-refractivity contribution >= 4 is 29.3 Å². The number of aliphatic hydroxyl groups is 1. The summed E-state index contributed by atoms with van der Waals surface area (Å²) in [6.07, 6.45) is -1.32. The molecule has 2 aromatic carbocycles. The average molecular weight is 573 g/mol. The summed E-state index contributed by atoms with van der Waals surface area (Å²) in [5, 5.41) is 33.2. The number of aryl methyl sites for hydroxylation is 2. The Morgan fingerprint density at radius 3 is 2.36 bits per heavy atom. The van der Waals surface area contributed by atoms with Crippen LogP contribution in [0.15, 0.2) is 71.3 Å². The zero-order valence-electron chi connectivity index (χ0n) is 23.4. The maximum atomic E-state index is 13.3. The van der Waals surface area contributed by atoms with Gasteiger partial charge in [0.2, 0.25) is 11.8 Å². The number of hydrogen-bond donors (Lipinski definition) is 5. The molecule has 12 nitrogen and oxygen atoms in total. The van der Waals surface area contributed by atoms with E-state index in [9.17, 15) is 24.3 Å². The van der Waals surface area contributed by atoms with Crippen molar-refractivity contribution in [3.63, 3.8) is 0 Å². The molecule has 12 heteroatoms. The molecule has 0 saturated carbocycles. The van der Waals surface area contributed by atoms with E-state index in [1.54, 1.807) is 37.3 Å². The molecule has 0 saturated heterocycles. The van der Waals surface area contributed by atoms with E-state index in [2.05, 4.69) is 33.0 Å². The highest BCUT2D eigenvalue weighted by Crippen LogP contribution is 2.14. The molecule has 5 N–H and O–H groups in total. The zero-order valence-corrected chi connectivity index (χ0v) is 23.4. The first-order chi connectivity index (χ1) is 20.0. The lowest BCUT2D eigenvalue weighted by Crippen LogP contribution is -2.57. The maximum absolute atomic E-state index is 13.3. The van der Waals surface area contributed by atoms with Crippen LogP contribution in [0.5, 0.6) is 0 Å². The summed E-state index contributed by atoms with van der Waals surface area (Å²) >= 11 is 0. The molecule has 0 fully saturated rings. The van der Waals surface area contributed by atoms with Crippen molar-refractivity contribution in [1.29, 1.82) is 5.26 Å². The monoisotopic (exact) mass is 572 g/mol. The molecule has 0 aliphatic rings. The maximum Gasteiger partial charge on any atom is 0.274 e. The summed E-state index contributed by atoms with van der Waals surface area (Å²) in [6, 6.07) is 14.6. The lowest BCUT2D eigenvalue weighted by molar-refractivity contribution is -0.131. The molecule has 0 unspecified atom stereocenters. The fraction of sp³-hybridized carbons (Fsp3) is 0.267. The van der Waals surface area contributed by atoms with E-state index in [1.807, 2.05) is 31.2 Å². The average Bonchev–Trinajstić information content (AvgIpc) is 3.40. The normalized spacial score (nSPS) is 12.6. The van der Waals surface area contributed by atoms with Gasteiger partial charge in [0, 0.05) is 24.7 Å². The Kier molecular flexibility index (Phi) is 10.7. The third-order valence-corrected chi connectivity index (χ3v) is 6.17. The smallest absolute Gasteiger partial charge is 0.274 e. The van der Waals surface area contributed by atoms with E-state index in [-0.39, 0.29) is 24.2 Å². The van der Waals surface area contributed by atoms with Crippen LogP contribution in [0.4, 0.5) is 5.69 Å². The molecule has 1 aromatic heterocycles. The number of carbonyl (C=O) groups is 4. The molecule has 1 heterocycles. The third-order valence-electron chi connectivity index (χ3n) is 6.17. The quantitative estimate of drug-likeness (QED) is 0.161. The number of aromatic nitrogens is 1. The van der Waals surface area contributed by atoms with Crippen LogP contribution in [0.3, 0.4) is 0 Å². The summed E-state index contributed by atoms with van der Waals surface area (Å²) in [5.41, 5.74) is 2.49. The van der Waals surface area contributed by atoms with Crippen molar-refractivity contribution in [1.82, 2.24) is 21.1 Å². The van der Waals surface area contributed by atoms with Crippen molar-refractivity contribution < 1.29 is 28.8 Å². The van der Waals surface area contributed by atoms with E-state index in [4.69, 9.17) is 9.78 Å². The second kappa shape index (κ2) is 14.4. The largest absolute Gasteiger partial charge is 0.391 e. The fourth-order valence-corrected chi connectivity index (χ4v) is 3.85. The van der Waals surface area contributed by atoms with Crippen molar-refractivity contribution in [3.8, 4) is 6.07 Å². The summed E-state index contributed by atoms with van der Waals surface area (Å²) < 4.78 is 4.90. The lowest BCUT2D eigenvalue weighted by Gasteiger charge is -2.24. The van der Waals surface area contributed by atoms with Gasteiger partial charge in [-0.1, -0.05) is 53.7 Å². The molecular weight excluding hydrogens is 540 g/mol. The predicted octanol–water partition coefficient (Wildman–Crippen LogP) is 1.83. The number of benzene rings is 2. The number of nitrogens with zero attached hydrogens (tertiary/aromatic N) is 2. The standard InChI is InChI=1S/C30H32N6O6/c1-17-8-10-21(11-9-17)16-32-28(39)24(14-22-6-5-7-23(13-22)33-27(38)18(2)15-31)34-30(41)26(20(4)37)35-29(40)25-12-19(3)42-36-25/h5-13,20,24,26,37H,2,14,16H2,1,3-4H3,(H,32,39)(H,33,38)(H,34,41)(H,35,40)/t20-,24+,26+/m1/s1. The molecule has 42 heavy (non-hydrogen) atoms. The molecule has 0 spiro atoms. The van der Waals surface area contributed by atoms with Gasteiger partial charge in [0.05, 0.1) is 6.10 Å². The Labute approximate surface area is 242 Å². The Balaban J connectivity index is 1.80. The second-order valence-corrected chi connectivity index (χ2v) is 9.73. The van der Waals surface area contributed by atoms with Gasteiger partial charge < -0.3 is 30.9 Å². The van der Waals surface area contributed by atoms with Crippen LogP contribution in [0.25, 0.3) is 0 Å². The van der Waals surface area contributed by atoms with E-state index < -0.39 is 41.8 Å². The lowest BCUT2D eigenvalue weighted by atomic mass is 10.0. The molecule has 3 rings (SSSR count). The summed E-state index contributed by atoms with van der Waals surface area (Å²) in [5.74, 6) is -2.34.